The molecule has 1 aliphatic carbocycles. The minimum atomic E-state index is -0.368. The molecule has 0 bridgehead atoms. The number of methoxy groups -OCH3 is 1. The zero-order chi connectivity index (χ0) is 24.2. The summed E-state index contributed by atoms with van der Waals surface area (Å²) in [5, 5.41) is 1.78. The van der Waals surface area contributed by atoms with Gasteiger partial charge in [-0.3, -0.25) is 4.90 Å². The van der Waals surface area contributed by atoms with Crippen molar-refractivity contribution in [3.8, 4) is 5.75 Å². The third kappa shape index (κ3) is 4.99. The van der Waals surface area contributed by atoms with E-state index >= 15 is 0 Å². The van der Waals surface area contributed by atoms with Gasteiger partial charge in [-0.2, -0.15) is 0 Å². The summed E-state index contributed by atoms with van der Waals surface area (Å²) in [5.41, 5.74) is 4.12. The van der Waals surface area contributed by atoms with Gasteiger partial charge >= 0.3 is 6.09 Å². The third-order valence-corrected chi connectivity index (χ3v) is 6.49. The molecule has 35 heavy (non-hydrogen) atoms. The molecule has 2 aliphatic rings. The van der Waals surface area contributed by atoms with Gasteiger partial charge in [0.05, 0.1) is 6.61 Å². The quantitative estimate of drug-likeness (QED) is 0.410. The van der Waals surface area contributed by atoms with E-state index in [-0.39, 0.29) is 12.1 Å². The van der Waals surface area contributed by atoms with Crippen molar-refractivity contribution in [2.75, 3.05) is 26.9 Å². The van der Waals surface area contributed by atoms with Crippen molar-refractivity contribution in [3.05, 3.63) is 100 Å². The van der Waals surface area contributed by atoms with Crippen molar-refractivity contribution in [2.45, 2.75) is 18.9 Å². The van der Waals surface area contributed by atoms with E-state index < -0.39 is 0 Å². The number of hydrogen-bond acceptors (Lipinski definition) is 4. The highest BCUT2D eigenvalue weighted by molar-refractivity contribution is 6.31. The minimum absolute atomic E-state index is 0.331. The largest absolute Gasteiger partial charge is 0.491 e. The van der Waals surface area contributed by atoms with Gasteiger partial charge in [-0.1, -0.05) is 48.0 Å². The number of fused-ring (bicyclic) bond motifs is 3. The van der Waals surface area contributed by atoms with Gasteiger partial charge in [0.15, 0.2) is 0 Å². The Morgan fingerprint density at radius 2 is 1.97 bits per heavy atom. The van der Waals surface area contributed by atoms with Gasteiger partial charge in [0.1, 0.15) is 24.2 Å². The molecule has 1 unspecified atom stereocenters. The zero-order valence-corrected chi connectivity index (χ0v) is 20.3. The van der Waals surface area contributed by atoms with Crippen LogP contribution in [0.25, 0.3) is 10.9 Å². The number of hydrogen-bond donors (Lipinski definition) is 1. The van der Waals surface area contributed by atoms with E-state index in [9.17, 15) is 4.79 Å². The van der Waals surface area contributed by atoms with Crippen molar-refractivity contribution >= 4 is 28.6 Å². The number of allylic oxidation sites excluding steroid dienone is 5. The molecule has 2 heterocycles. The molecule has 0 saturated heterocycles. The van der Waals surface area contributed by atoms with E-state index in [0.717, 1.165) is 27.9 Å². The number of rotatable bonds is 6. The molecule has 180 valence electrons. The van der Waals surface area contributed by atoms with E-state index in [1.807, 2.05) is 72.8 Å². The number of aromatic amines is 1. The Kier molecular flexibility index (Phi) is 6.93. The van der Waals surface area contributed by atoms with Crippen LogP contribution >= 0.6 is 11.6 Å². The Morgan fingerprint density at radius 1 is 1.11 bits per heavy atom. The number of H-pyrrole nitrogens is 1. The number of nitrogens with one attached hydrogen (secondary N) is 1. The number of carbonyl (C=O) groups is 1. The highest BCUT2D eigenvalue weighted by Gasteiger charge is 2.36. The van der Waals surface area contributed by atoms with Crippen molar-refractivity contribution in [3.63, 3.8) is 0 Å². The van der Waals surface area contributed by atoms with E-state index in [1.165, 1.54) is 5.56 Å². The van der Waals surface area contributed by atoms with E-state index in [4.69, 9.17) is 25.8 Å². The van der Waals surface area contributed by atoms with Crippen LogP contribution in [-0.2, 0) is 15.9 Å². The summed E-state index contributed by atoms with van der Waals surface area (Å²) in [6.07, 6.45) is 10.5. The lowest BCUT2D eigenvalue weighted by Crippen LogP contribution is -2.40. The predicted octanol–water partition coefficient (Wildman–Crippen LogP) is 6.33. The number of nitrogens with zero attached hydrogens (tertiary/aromatic N) is 1. The second-order valence-corrected chi connectivity index (χ2v) is 8.92. The number of aromatic nitrogens is 1. The maximum Gasteiger partial charge on any atom is 0.415 e. The third-order valence-electron chi connectivity index (χ3n) is 6.25. The fourth-order valence-corrected chi connectivity index (χ4v) is 4.77. The Hall–Kier alpha value is -3.48. The molecule has 0 radical (unpaired) electrons. The van der Waals surface area contributed by atoms with Crippen LogP contribution in [-0.4, -0.2) is 42.8 Å². The Morgan fingerprint density at radius 3 is 2.80 bits per heavy atom. The maximum atomic E-state index is 13.4. The summed E-state index contributed by atoms with van der Waals surface area (Å²) in [6, 6.07) is 13.4. The first-order valence-electron chi connectivity index (χ1n) is 11.7. The van der Waals surface area contributed by atoms with Gasteiger partial charge in [-0.05, 0) is 54.0 Å². The van der Waals surface area contributed by atoms with Gasteiger partial charge < -0.3 is 19.2 Å². The second-order valence-electron chi connectivity index (χ2n) is 8.48. The number of halogens is 1. The van der Waals surface area contributed by atoms with Gasteiger partial charge in [0.2, 0.25) is 0 Å². The summed E-state index contributed by atoms with van der Waals surface area (Å²) in [6.45, 7) is 1.52. The number of ether oxygens (including phenoxy) is 3. The van der Waals surface area contributed by atoms with Crippen LogP contribution in [0.4, 0.5) is 4.79 Å². The van der Waals surface area contributed by atoms with Crippen LogP contribution in [0, 0.1) is 0 Å². The van der Waals surface area contributed by atoms with Crippen molar-refractivity contribution in [1.29, 1.82) is 0 Å². The fourth-order valence-electron chi connectivity index (χ4n) is 4.60. The summed E-state index contributed by atoms with van der Waals surface area (Å²) >= 11 is 6.30. The molecule has 0 fully saturated rings. The molecule has 1 aromatic heterocycles. The highest BCUT2D eigenvalue weighted by Crippen LogP contribution is 2.40. The lowest BCUT2D eigenvalue weighted by atomic mass is 9.92. The SMILES string of the molecule is COCCOc1ccc(C2c3[nH]c4ccc(Cl)cc4c3CCN2C(=O)OC2=CC=CC=CC2)cc1. The lowest BCUT2D eigenvalue weighted by molar-refractivity contribution is 0.111. The average molecular weight is 491 g/mol. The van der Waals surface area contributed by atoms with E-state index in [2.05, 4.69) is 4.98 Å². The smallest absolute Gasteiger partial charge is 0.415 e. The standard InChI is InChI=1S/C28H27ClN2O4/c1-33-16-17-34-21-11-8-19(9-12-21)27-26-23(24-18-20(29)10-13-25(24)30-26)14-15-31(27)28(32)35-22-6-4-2-3-5-7-22/h2-6,8-13,18,27,30H,7,14-17H2,1H3. The first-order chi connectivity index (χ1) is 17.1. The molecule has 0 saturated carbocycles. The molecule has 3 aromatic rings. The molecule has 0 spiro atoms. The first kappa shape index (κ1) is 23.3. The Labute approximate surface area is 209 Å². The molecule has 1 N–H and O–H groups in total. The van der Waals surface area contributed by atoms with Crippen LogP contribution in [0.5, 0.6) is 5.75 Å². The zero-order valence-electron chi connectivity index (χ0n) is 19.5. The van der Waals surface area contributed by atoms with Crippen LogP contribution in [0.15, 0.2) is 78.6 Å². The van der Waals surface area contributed by atoms with Crippen LogP contribution in [0.2, 0.25) is 5.02 Å². The number of carbonyl (C=O) groups excluding carboxylic acids is 1. The molecule has 5 rings (SSSR count). The molecule has 1 aliphatic heterocycles. The van der Waals surface area contributed by atoms with Gasteiger partial charge in [-0.25, -0.2) is 4.79 Å². The summed E-state index contributed by atoms with van der Waals surface area (Å²) < 4.78 is 16.6. The monoisotopic (exact) mass is 490 g/mol. The second kappa shape index (κ2) is 10.4. The Balaban J connectivity index is 1.50. The molecular weight excluding hydrogens is 464 g/mol. The molecule has 7 heteroatoms. The molecule has 2 aromatic carbocycles. The van der Waals surface area contributed by atoms with E-state index in [0.29, 0.717) is 43.4 Å². The molecular formula is C28H27ClN2O4. The Bertz CT molecular complexity index is 1310. The first-order valence-corrected chi connectivity index (χ1v) is 12.0. The summed E-state index contributed by atoms with van der Waals surface area (Å²) in [5.74, 6) is 1.37. The van der Waals surface area contributed by atoms with Crippen LogP contribution in [0.1, 0.15) is 29.3 Å². The summed E-state index contributed by atoms with van der Waals surface area (Å²) in [7, 11) is 1.64. The molecule has 1 atom stereocenters. The fraction of sp³-hybridized carbons (Fsp3) is 0.250. The van der Waals surface area contributed by atoms with Gasteiger partial charge in [-0.15, -0.1) is 0 Å². The lowest BCUT2D eigenvalue weighted by Gasteiger charge is -2.35. The van der Waals surface area contributed by atoms with Crippen LogP contribution in [0.3, 0.4) is 0 Å². The van der Waals surface area contributed by atoms with Crippen LogP contribution < -0.4 is 4.74 Å². The highest BCUT2D eigenvalue weighted by atomic mass is 35.5. The van der Waals surface area contributed by atoms with Crippen molar-refractivity contribution in [1.82, 2.24) is 9.88 Å². The maximum absolute atomic E-state index is 13.4. The number of benzene rings is 2. The van der Waals surface area contributed by atoms with Crippen molar-refractivity contribution < 1.29 is 19.0 Å². The van der Waals surface area contributed by atoms with Gasteiger partial charge in [0.25, 0.3) is 0 Å². The topological polar surface area (TPSA) is 63.8 Å². The summed E-state index contributed by atoms with van der Waals surface area (Å²) in [4.78, 5) is 18.8. The molecule has 1 amide bonds. The van der Waals surface area contributed by atoms with Gasteiger partial charge in [0, 0.05) is 41.7 Å². The normalized spacial score (nSPS) is 17.1. The predicted molar refractivity (Wildman–Crippen MR) is 137 cm³/mol. The average Bonchev–Trinajstić information content (AvgIpc) is 3.03. The van der Waals surface area contributed by atoms with E-state index in [1.54, 1.807) is 12.0 Å². The molecule has 6 nitrogen and oxygen atoms in total. The minimum Gasteiger partial charge on any atom is -0.491 e. The number of amides is 1. The van der Waals surface area contributed by atoms with Crippen molar-refractivity contribution in [2.24, 2.45) is 0 Å².